The van der Waals surface area contributed by atoms with E-state index in [0.717, 1.165) is 17.8 Å². The molecule has 2 aromatic rings. The number of aromatic nitrogens is 1. The minimum Gasteiger partial charge on any atom is -0.245 e. The summed E-state index contributed by atoms with van der Waals surface area (Å²) in [6.45, 7) is 4.63. The molecule has 0 atom stereocenters. The predicted octanol–water partition coefficient (Wildman–Crippen LogP) is 5.89. The normalized spacial score (nSPS) is 36.6. The minimum atomic E-state index is 0.491. The van der Waals surface area contributed by atoms with Crippen LogP contribution in [-0.2, 0) is 5.41 Å². The van der Waals surface area contributed by atoms with Gasteiger partial charge in [0.05, 0.1) is 15.7 Å². The van der Waals surface area contributed by atoms with Crippen LogP contribution < -0.4 is 0 Å². The third kappa shape index (κ3) is 1.86. The van der Waals surface area contributed by atoms with Gasteiger partial charge in [-0.3, -0.25) is 0 Å². The van der Waals surface area contributed by atoms with Crippen LogP contribution in [0, 0.1) is 17.8 Å². The lowest BCUT2D eigenvalue weighted by molar-refractivity contribution is -0.00446. The van der Waals surface area contributed by atoms with E-state index in [0.29, 0.717) is 11.3 Å². The summed E-state index contributed by atoms with van der Waals surface area (Å²) >= 11 is 1.87. The Balaban J connectivity index is 1.71. The molecule has 116 valence electrons. The first-order valence-electron chi connectivity index (χ1n) is 9.00. The molecule has 4 bridgehead atoms. The average molecular weight is 311 g/mol. The number of hydrogen-bond acceptors (Lipinski definition) is 2. The van der Waals surface area contributed by atoms with Crippen LogP contribution in [0.5, 0.6) is 0 Å². The number of hydrogen-bond donors (Lipinski definition) is 0. The van der Waals surface area contributed by atoms with Crippen LogP contribution in [0.4, 0.5) is 0 Å². The molecule has 1 nitrogen and oxygen atoms in total. The van der Waals surface area contributed by atoms with Crippen LogP contribution in [0.3, 0.4) is 0 Å². The van der Waals surface area contributed by atoms with Crippen molar-refractivity contribution in [2.75, 3.05) is 0 Å². The molecule has 0 amide bonds. The highest BCUT2D eigenvalue weighted by Gasteiger charge is 2.52. The molecule has 4 saturated carbocycles. The second-order valence-corrected chi connectivity index (χ2v) is 9.48. The minimum absolute atomic E-state index is 0.491. The second kappa shape index (κ2) is 4.56. The third-order valence-corrected chi connectivity index (χ3v) is 7.61. The van der Waals surface area contributed by atoms with Gasteiger partial charge < -0.3 is 0 Å². The van der Waals surface area contributed by atoms with Crippen LogP contribution in [-0.4, -0.2) is 4.98 Å². The number of rotatable bonds is 2. The van der Waals surface area contributed by atoms with E-state index in [1.807, 2.05) is 11.3 Å². The summed E-state index contributed by atoms with van der Waals surface area (Å²) in [5.74, 6) is 3.63. The highest BCUT2D eigenvalue weighted by atomic mass is 32.1. The summed E-state index contributed by atoms with van der Waals surface area (Å²) in [5, 5.41) is 0. The highest BCUT2D eigenvalue weighted by Crippen LogP contribution is 2.61. The smallest absolute Gasteiger partial charge is 0.0817 e. The average Bonchev–Trinajstić information content (AvgIpc) is 2.92. The van der Waals surface area contributed by atoms with Gasteiger partial charge in [0.2, 0.25) is 0 Å². The molecule has 0 radical (unpaired) electrons. The molecule has 0 N–H and O–H groups in total. The van der Waals surface area contributed by atoms with Gasteiger partial charge in [-0.25, -0.2) is 4.98 Å². The highest BCUT2D eigenvalue weighted by molar-refractivity contribution is 7.17. The summed E-state index contributed by atoms with van der Waals surface area (Å²) in [5.41, 5.74) is 6.96. The molecule has 0 aliphatic heterocycles. The van der Waals surface area contributed by atoms with Crippen LogP contribution >= 0.6 is 11.3 Å². The van der Waals surface area contributed by atoms with Gasteiger partial charge in [0.1, 0.15) is 0 Å². The fourth-order valence-electron chi connectivity index (χ4n) is 6.16. The van der Waals surface area contributed by atoms with Crippen LogP contribution in [0.2, 0.25) is 0 Å². The fourth-order valence-corrected chi connectivity index (χ4v) is 7.07. The van der Waals surface area contributed by atoms with E-state index >= 15 is 0 Å². The molecule has 22 heavy (non-hydrogen) atoms. The zero-order valence-electron chi connectivity index (χ0n) is 13.6. The SMILES string of the molecule is CC(C)c1cc(C23CC4CC(CC(C4)C2)C3)c2scnc2c1. The van der Waals surface area contributed by atoms with E-state index in [-0.39, 0.29) is 0 Å². The van der Waals surface area contributed by atoms with E-state index in [9.17, 15) is 0 Å². The Kier molecular flexibility index (Phi) is 2.81. The van der Waals surface area contributed by atoms with Crippen molar-refractivity contribution in [3.05, 3.63) is 28.8 Å². The molecule has 0 spiro atoms. The molecule has 1 aromatic heterocycles. The van der Waals surface area contributed by atoms with Gasteiger partial charge in [-0.2, -0.15) is 0 Å². The summed E-state index contributed by atoms with van der Waals surface area (Å²) in [4.78, 5) is 4.67. The van der Waals surface area contributed by atoms with Crippen LogP contribution in [0.15, 0.2) is 17.6 Å². The summed E-state index contributed by atoms with van der Waals surface area (Å²) in [6, 6.07) is 4.90. The predicted molar refractivity (Wildman–Crippen MR) is 93.6 cm³/mol. The van der Waals surface area contributed by atoms with Crippen molar-refractivity contribution in [2.45, 2.75) is 63.7 Å². The van der Waals surface area contributed by atoms with E-state index in [4.69, 9.17) is 0 Å². The van der Waals surface area contributed by atoms with E-state index in [2.05, 4.69) is 36.5 Å². The Bertz CT molecular complexity index is 691. The van der Waals surface area contributed by atoms with Gasteiger partial charge in [0.25, 0.3) is 0 Å². The summed E-state index contributed by atoms with van der Waals surface area (Å²) in [7, 11) is 0. The zero-order chi connectivity index (χ0) is 14.9. The molecule has 6 rings (SSSR count). The maximum atomic E-state index is 4.67. The first-order chi connectivity index (χ1) is 10.6. The van der Waals surface area contributed by atoms with Crippen molar-refractivity contribution in [2.24, 2.45) is 17.8 Å². The molecule has 4 aliphatic carbocycles. The van der Waals surface area contributed by atoms with Gasteiger partial charge in [0, 0.05) is 0 Å². The maximum Gasteiger partial charge on any atom is 0.0817 e. The number of fused-ring (bicyclic) bond motifs is 1. The summed E-state index contributed by atoms with van der Waals surface area (Å²) < 4.78 is 1.49. The van der Waals surface area contributed by atoms with Crippen molar-refractivity contribution in [1.29, 1.82) is 0 Å². The lowest BCUT2D eigenvalue weighted by Gasteiger charge is -2.57. The van der Waals surface area contributed by atoms with E-state index in [1.54, 1.807) is 5.56 Å². The number of nitrogens with zero attached hydrogens (tertiary/aromatic N) is 1. The van der Waals surface area contributed by atoms with Crippen LogP contribution in [0.25, 0.3) is 10.2 Å². The Morgan fingerprint density at radius 1 is 1.05 bits per heavy atom. The molecule has 0 unspecified atom stereocenters. The lowest BCUT2D eigenvalue weighted by Crippen LogP contribution is -2.48. The van der Waals surface area contributed by atoms with Gasteiger partial charge in [-0.15, -0.1) is 11.3 Å². The maximum absolute atomic E-state index is 4.67. The van der Waals surface area contributed by atoms with Gasteiger partial charge in [0.15, 0.2) is 0 Å². The molecule has 2 heteroatoms. The first kappa shape index (κ1) is 13.5. The fraction of sp³-hybridized carbons (Fsp3) is 0.650. The molecular formula is C20H25NS. The Morgan fingerprint density at radius 2 is 1.68 bits per heavy atom. The molecule has 1 aromatic carbocycles. The summed E-state index contributed by atoms with van der Waals surface area (Å²) in [6.07, 6.45) is 8.92. The number of benzene rings is 1. The Labute approximate surface area is 137 Å². The molecule has 4 fully saturated rings. The third-order valence-electron chi connectivity index (χ3n) is 6.73. The van der Waals surface area contributed by atoms with E-state index < -0.39 is 0 Å². The quantitative estimate of drug-likeness (QED) is 0.674. The Hall–Kier alpha value is -0.890. The molecule has 1 heterocycles. The zero-order valence-corrected chi connectivity index (χ0v) is 14.5. The second-order valence-electron chi connectivity index (χ2n) is 8.62. The van der Waals surface area contributed by atoms with Crippen molar-refractivity contribution in [3.63, 3.8) is 0 Å². The van der Waals surface area contributed by atoms with Gasteiger partial charge in [-0.05, 0) is 84.8 Å². The van der Waals surface area contributed by atoms with Crippen molar-refractivity contribution >= 4 is 21.6 Å². The Morgan fingerprint density at radius 3 is 2.27 bits per heavy atom. The monoisotopic (exact) mass is 311 g/mol. The molecule has 0 saturated heterocycles. The first-order valence-corrected chi connectivity index (χ1v) is 9.88. The molecular weight excluding hydrogens is 286 g/mol. The van der Waals surface area contributed by atoms with E-state index in [1.165, 1.54) is 54.3 Å². The largest absolute Gasteiger partial charge is 0.245 e. The van der Waals surface area contributed by atoms with Crippen molar-refractivity contribution < 1.29 is 0 Å². The van der Waals surface area contributed by atoms with Crippen LogP contribution in [0.1, 0.15) is 69.4 Å². The van der Waals surface area contributed by atoms with Crippen molar-refractivity contribution in [1.82, 2.24) is 4.98 Å². The van der Waals surface area contributed by atoms with Crippen molar-refractivity contribution in [3.8, 4) is 0 Å². The topological polar surface area (TPSA) is 12.9 Å². The van der Waals surface area contributed by atoms with Gasteiger partial charge >= 0.3 is 0 Å². The van der Waals surface area contributed by atoms with Gasteiger partial charge in [-0.1, -0.05) is 19.9 Å². The number of thiazole rings is 1. The lowest BCUT2D eigenvalue weighted by atomic mass is 9.48. The standard InChI is InChI=1S/C20H25NS/c1-12(2)16-6-17(19-18(7-16)21-11-22-19)20-8-13-3-14(9-20)5-15(4-13)10-20/h6-7,11-15H,3-5,8-10H2,1-2H3. The molecule has 4 aliphatic rings.